The number of nitrogens with zero attached hydrogens (tertiary/aromatic N) is 3. The third-order valence-electron chi connectivity index (χ3n) is 3.57. The minimum atomic E-state index is -0.305. The maximum absolute atomic E-state index is 13.8. The van der Waals surface area contributed by atoms with E-state index in [0.717, 1.165) is 10.0 Å². The maximum Gasteiger partial charge on any atom is 0.167 e. The molecule has 2 aromatic carbocycles. The van der Waals surface area contributed by atoms with Gasteiger partial charge < -0.3 is 14.9 Å². The molecule has 0 atom stereocenters. The Balaban J connectivity index is 1.84. The van der Waals surface area contributed by atoms with Crippen molar-refractivity contribution in [2.75, 3.05) is 12.5 Å². The molecule has 0 fully saturated rings. The largest absolute Gasteiger partial charge is 0.493 e. The van der Waals surface area contributed by atoms with Crippen molar-refractivity contribution in [3.05, 3.63) is 70.5 Å². The van der Waals surface area contributed by atoms with Crippen molar-refractivity contribution in [1.29, 1.82) is 0 Å². The highest BCUT2D eigenvalue weighted by Gasteiger charge is 2.15. The van der Waals surface area contributed by atoms with Gasteiger partial charge in [0.05, 0.1) is 13.7 Å². The fourth-order valence-electron chi connectivity index (χ4n) is 2.28. The molecule has 0 saturated carbocycles. The van der Waals surface area contributed by atoms with Crippen molar-refractivity contribution in [3.63, 3.8) is 0 Å². The molecule has 8 heteroatoms. The van der Waals surface area contributed by atoms with Crippen LogP contribution in [0, 0.1) is 5.82 Å². The van der Waals surface area contributed by atoms with Crippen LogP contribution >= 0.6 is 15.9 Å². The third-order valence-corrected chi connectivity index (χ3v) is 4.32. The molecule has 3 rings (SSSR count). The number of methoxy groups -OCH3 is 1. The molecular weight excluding hydrogens is 391 g/mol. The molecule has 0 radical (unpaired) electrons. The predicted molar refractivity (Wildman–Crippen MR) is 94.5 cm³/mol. The molecule has 1 N–H and O–H groups in total. The van der Waals surface area contributed by atoms with E-state index in [1.54, 1.807) is 48.7 Å². The van der Waals surface area contributed by atoms with Gasteiger partial charge in [0, 0.05) is 15.6 Å². The van der Waals surface area contributed by atoms with E-state index in [1.165, 1.54) is 6.07 Å². The Labute approximate surface area is 152 Å². The second-order valence-electron chi connectivity index (χ2n) is 5.14. The Hall–Kier alpha value is -2.61. The molecule has 0 bridgehead atoms. The van der Waals surface area contributed by atoms with Gasteiger partial charge in [-0.05, 0) is 18.2 Å². The van der Waals surface area contributed by atoms with E-state index >= 15 is 0 Å². The van der Waals surface area contributed by atoms with E-state index in [0.29, 0.717) is 23.6 Å². The van der Waals surface area contributed by atoms with E-state index in [1.807, 2.05) is 6.07 Å². The zero-order valence-corrected chi connectivity index (χ0v) is 15.0. The zero-order valence-electron chi connectivity index (χ0n) is 13.4. The van der Waals surface area contributed by atoms with E-state index in [2.05, 4.69) is 31.6 Å². The second kappa shape index (κ2) is 7.98. The molecule has 1 heterocycles. The van der Waals surface area contributed by atoms with Gasteiger partial charge in [0.25, 0.3) is 0 Å². The zero-order chi connectivity index (χ0) is 17.6. The maximum atomic E-state index is 13.8. The lowest BCUT2D eigenvalue weighted by Gasteiger charge is -2.17. The van der Waals surface area contributed by atoms with Crippen LogP contribution < -0.4 is 14.9 Å². The van der Waals surface area contributed by atoms with Gasteiger partial charge >= 0.3 is 0 Å². The summed E-state index contributed by atoms with van der Waals surface area (Å²) in [6.07, 6.45) is 3.10. The van der Waals surface area contributed by atoms with Gasteiger partial charge in [-0.2, -0.15) is 0 Å². The Kier molecular flexibility index (Phi) is 5.49. The normalized spacial score (nSPS) is 10.5. The summed E-state index contributed by atoms with van der Waals surface area (Å²) in [6.45, 7) is 0.529. The first-order valence-corrected chi connectivity index (χ1v) is 8.28. The molecule has 0 unspecified atom stereocenters. The van der Waals surface area contributed by atoms with Gasteiger partial charge in [-0.25, -0.2) is 9.07 Å². The molecule has 0 aliphatic carbocycles. The summed E-state index contributed by atoms with van der Waals surface area (Å²) in [7, 11) is 1.57. The molecule has 0 aliphatic heterocycles. The standard InChI is InChI=1S/C17H16BrFN4O2/c1-24-16-7-6-14(18)13(8-22-23-10-20-21-11-23)17(16)25-9-12-4-2-3-5-15(12)19/h2-7,10-11,22H,8-9H2,1H3. The molecule has 0 saturated heterocycles. The first-order chi connectivity index (χ1) is 12.2. The van der Waals surface area contributed by atoms with Gasteiger partial charge in [-0.3, -0.25) is 0 Å². The topological polar surface area (TPSA) is 61.2 Å². The Morgan fingerprint density at radius 1 is 1.16 bits per heavy atom. The van der Waals surface area contributed by atoms with E-state index in [-0.39, 0.29) is 12.4 Å². The van der Waals surface area contributed by atoms with Gasteiger partial charge in [0.2, 0.25) is 0 Å². The fourth-order valence-corrected chi connectivity index (χ4v) is 2.74. The second-order valence-corrected chi connectivity index (χ2v) is 6.00. The molecule has 0 spiro atoms. The van der Waals surface area contributed by atoms with Gasteiger partial charge in [0.15, 0.2) is 11.5 Å². The van der Waals surface area contributed by atoms with Gasteiger partial charge in [0.1, 0.15) is 25.1 Å². The van der Waals surface area contributed by atoms with Crippen molar-refractivity contribution >= 4 is 15.9 Å². The van der Waals surface area contributed by atoms with Crippen LogP contribution in [-0.4, -0.2) is 22.0 Å². The number of aromatic nitrogens is 3. The van der Waals surface area contributed by atoms with Gasteiger partial charge in [-0.15, -0.1) is 10.2 Å². The van der Waals surface area contributed by atoms with Crippen LogP contribution in [0.2, 0.25) is 0 Å². The Bertz CT molecular complexity index is 843. The van der Waals surface area contributed by atoms with Crippen LogP contribution in [0.4, 0.5) is 4.39 Å². The lowest BCUT2D eigenvalue weighted by molar-refractivity contribution is 0.276. The number of hydrogen-bond acceptors (Lipinski definition) is 5. The summed E-state index contributed by atoms with van der Waals surface area (Å²) >= 11 is 3.53. The molecule has 0 aliphatic rings. The lowest BCUT2D eigenvalue weighted by Crippen LogP contribution is -2.14. The lowest BCUT2D eigenvalue weighted by atomic mass is 10.1. The monoisotopic (exact) mass is 406 g/mol. The van der Waals surface area contributed by atoms with E-state index < -0.39 is 0 Å². The summed E-state index contributed by atoms with van der Waals surface area (Å²) in [4.78, 5) is 0. The first kappa shape index (κ1) is 17.2. The van der Waals surface area contributed by atoms with Gasteiger partial charge in [-0.1, -0.05) is 34.1 Å². The van der Waals surface area contributed by atoms with Crippen LogP contribution in [0.5, 0.6) is 11.5 Å². The first-order valence-electron chi connectivity index (χ1n) is 7.49. The quantitative estimate of drug-likeness (QED) is 0.650. The molecule has 25 heavy (non-hydrogen) atoms. The van der Waals surface area contributed by atoms with E-state index in [4.69, 9.17) is 9.47 Å². The summed E-state index contributed by atoms with van der Waals surface area (Å²) in [5.41, 5.74) is 4.45. The summed E-state index contributed by atoms with van der Waals surface area (Å²) in [5.74, 6) is 0.807. The van der Waals surface area contributed by atoms with Crippen LogP contribution in [0.25, 0.3) is 0 Å². The Morgan fingerprint density at radius 3 is 2.64 bits per heavy atom. The number of rotatable bonds is 7. The number of ether oxygens (including phenoxy) is 2. The number of benzene rings is 2. The summed E-state index contributed by atoms with van der Waals surface area (Å²) in [5, 5.41) is 7.48. The molecule has 0 amide bonds. The van der Waals surface area contributed by atoms with Crippen molar-refractivity contribution in [3.8, 4) is 11.5 Å². The highest BCUT2D eigenvalue weighted by molar-refractivity contribution is 9.10. The smallest absolute Gasteiger partial charge is 0.167 e. The molecule has 1 aromatic heterocycles. The third kappa shape index (κ3) is 4.08. The van der Waals surface area contributed by atoms with E-state index in [9.17, 15) is 4.39 Å². The minimum Gasteiger partial charge on any atom is -0.493 e. The van der Waals surface area contributed by atoms with Crippen LogP contribution in [0.3, 0.4) is 0 Å². The number of hydrogen-bond donors (Lipinski definition) is 1. The van der Waals surface area contributed by atoms with Crippen molar-refractivity contribution in [1.82, 2.24) is 14.9 Å². The molecular formula is C17H16BrFN4O2. The van der Waals surface area contributed by atoms with Crippen LogP contribution in [-0.2, 0) is 13.2 Å². The average molecular weight is 407 g/mol. The minimum absolute atomic E-state index is 0.0963. The summed E-state index contributed by atoms with van der Waals surface area (Å²) < 4.78 is 27.6. The number of nitrogens with one attached hydrogen (secondary N) is 1. The fraction of sp³-hybridized carbons (Fsp3) is 0.176. The van der Waals surface area contributed by atoms with Crippen molar-refractivity contribution in [2.24, 2.45) is 0 Å². The van der Waals surface area contributed by atoms with Crippen LogP contribution in [0.1, 0.15) is 11.1 Å². The van der Waals surface area contributed by atoms with Crippen molar-refractivity contribution in [2.45, 2.75) is 13.2 Å². The van der Waals surface area contributed by atoms with Crippen LogP contribution in [0.15, 0.2) is 53.5 Å². The molecule has 3 aromatic rings. The highest BCUT2D eigenvalue weighted by atomic mass is 79.9. The SMILES string of the molecule is COc1ccc(Br)c(CNn2cnnc2)c1OCc1ccccc1F. The molecule has 6 nitrogen and oxygen atoms in total. The number of halogens is 2. The highest BCUT2D eigenvalue weighted by Crippen LogP contribution is 2.37. The predicted octanol–water partition coefficient (Wildman–Crippen LogP) is 3.51. The Morgan fingerprint density at radius 2 is 1.92 bits per heavy atom. The summed E-state index contributed by atoms with van der Waals surface area (Å²) in [6, 6.07) is 10.2. The average Bonchev–Trinajstić information content (AvgIpc) is 3.14. The van der Waals surface area contributed by atoms with Crippen molar-refractivity contribution < 1.29 is 13.9 Å². The molecule has 130 valence electrons.